The zero-order valence-corrected chi connectivity index (χ0v) is 12.0. The summed E-state index contributed by atoms with van der Waals surface area (Å²) in [6.45, 7) is 1.27. The van der Waals surface area contributed by atoms with Gasteiger partial charge in [0.2, 0.25) is 5.91 Å². The first kappa shape index (κ1) is 14.6. The van der Waals surface area contributed by atoms with E-state index >= 15 is 0 Å². The van der Waals surface area contributed by atoms with E-state index in [0.29, 0.717) is 12.0 Å². The largest absolute Gasteiger partial charge is 0.321 e. The Morgan fingerprint density at radius 1 is 1.04 bits per heavy atom. The molecule has 1 amide bonds. The van der Waals surface area contributed by atoms with Gasteiger partial charge in [-0.1, -0.05) is 0 Å². The minimum Gasteiger partial charge on any atom is -0.321 e. The Bertz CT molecular complexity index is 876. The van der Waals surface area contributed by atoms with Crippen molar-refractivity contribution in [3.05, 3.63) is 61.7 Å². The highest BCUT2D eigenvalue weighted by molar-refractivity contribution is 5.93. The van der Waals surface area contributed by atoms with Crippen molar-refractivity contribution in [2.75, 3.05) is 5.32 Å². The average molecular weight is 313 g/mol. The predicted octanol–water partition coefficient (Wildman–Crippen LogP) is 3.03. The molecule has 0 spiro atoms. The third-order valence-corrected chi connectivity index (χ3v) is 3.70. The molecule has 8 heteroatoms. The molecule has 0 aromatic heterocycles. The maximum Gasteiger partial charge on any atom is 0.293 e. The molecule has 1 N–H and O–H groups in total. The second-order valence-corrected chi connectivity index (χ2v) is 5.24. The lowest BCUT2D eigenvalue weighted by molar-refractivity contribution is -0.384. The molecule has 0 atom stereocenters. The number of benzene rings is 2. The molecule has 2 aromatic rings. The summed E-state index contributed by atoms with van der Waals surface area (Å²) >= 11 is 0. The fourth-order valence-electron chi connectivity index (χ4n) is 2.78. The van der Waals surface area contributed by atoms with Gasteiger partial charge in [-0.3, -0.25) is 25.0 Å². The Morgan fingerprint density at radius 2 is 1.74 bits per heavy atom. The lowest BCUT2D eigenvalue weighted by atomic mass is 10.0. The summed E-state index contributed by atoms with van der Waals surface area (Å²) in [5.74, 6) is -0.404. The highest BCUT2D eigenvalue weighted by atomic mass is 16.6. The summed E-state index contributed by atoms with van der Waals surface area (Å²) in [6, 6.07) is 7.40. The number of hydrogen-bond donors (Lipinski definition) is 1. The minimum absolute atomic E-state index is 0.0202. The second kappa shape index (κ2) is 5.16. The van der Waals surface area contributed by atoms with Gasteiger partial charge in [0.25, 0.3) is 11.4 Å². The van der Waals surface area contributed by atoms with Crippen LogP contribution >= 0.6 is 0 Å². The lowest BCUT2D eigenvalue weighted by Crippen LogP contribution is -2.08. The van der Waals surface area contributed by atoms with Gasteiger partial charge >= 0.3 is 0 Å². The summed E-state index contributed by atoms with van der Waals surface area (Å²) in [6.07, 6.45) is 0.428. The van der Waals surface area contributed by atoms with E-state index in [9.17, 15) is 25.0 Å². The topological polar surface area (TPSA) is 115 Å². The van der Waals surface area contributed by atoms with Gasteiger partial charge in [0.1, 0.15) is 5.69 Å². The molecule has 1 aliphatic carbocycles. The van der Waals surface area contributed by atoms with Crippen molar-refractivity contribution in [2.45, 2.75) is 13.3 Å². The predicted molar refractivity (Wildman–Crippen MR) is 82.3 cm³/mol. The number of fused-ring (bicyclic) bond motifs is 3. The van der Waals surface area contributed by atoms with Gasteiger partial charge in [0.05, 0.1) is 9.85 Å². The molecular weight excluding hydrogens is 302 g/mol. The van der Waals surface area contributed by atoms with Crippen LogP contribution in [0.25, 0.3) is 11.1 Å². The number of carbonyl (C=O) groups is 1. The number of non-ortho nitro benzene ring substituents is 1. The molecule has 2 aromatic carbocycles. The number of anilines is 1. The van der Waals surface area contributed by atoms with Crippen molar-refractivity contribution >= 4 is 23.0 Å². The molecule has 0 saturated heterocycles. The van der Waals surface area contributed by atoms with E-state index < -0.39 is 15.8 Å². The van der Waals surface area contributed by atoms with E-state index in [1.165, 1.54) is 25.1 Å². The molecule has 0 fully saturated rings. The Labute approximate surface area is 130 Å². The number of nitrogens with zero attached hydrogens (tertiary/aromatic N) is 2. The maximum atomic E-state index is 11.2. The Balaban J connectivity index is 2.14. The smallest absolute Gasteiger partial charge is 0.293 e. The first-order valence-corrected chi connectivity index (χ1v) is 6.73. The van der Waals surface area contributed by atoms with Crippen LogP contribution in [-0.4, -0.2) is 15.8 Å². The normalized spacial score (nSPS) is 11.5. The van der Waals surface area contributed by atoms with Crippen LogP contribution in [0.1, 0.15) is 18.1 Å². The molecule has 0 saturated carbocycles. The first-order chi connectivity index (χ1) is 10.9. The van der Waals surface area contributed by atoms with Gasteiger partial charge in [0.15, 0.2) is 0 Å². The SMILES string of the molecule is CC(=O)Nc1cc2c(cc1[N+](=O)[O-])-c1ccc([N+](=O)[O-])cc1C2. The molecule has 116 valence electrons. The van der Waals surface area contributed by atoms with Crippen molar-refractivity contribution in [1.29, 1.82) is 0 Å². The molecule has 0 bridgehead atoms. The third kappa shape index (κ3) is 2.50. The van der Waals surface area contributed by atoms with Crippen LogP contribution in [0.2, 0.25) is 0 Å². The van der Waals surface area contributed by atoms with E-state index in [-0.39, 0.29) is 17.1 Å². The highest BCUT2D eigenvalue weighted by Crippen LogP contribution is 2.42. The van der Waals surface area contributed by atoms with E-state index in [4.69, 9.17) is 0 Å². The quantitative estimate of drug-likeness (QED) is 0.589. The molecule has 0 aliphatic heterocycles. The Kier molecular flexibility index (Phi) is 3.29. The summed E-state index contributed by atoms with van der Waals surface area (Å²) < 4.78 is 0. The molecular formula is C15H11N3O5. The van der Waals surface area contributed by atoms with Crippen LogP contribution in [0.15, 0.2) is 30.3 Å². The highest BCUT2D eigenvalue weighted by Gasteiger charge is 2.26. The monoisotopic (exact) mass is 313 g/mol. The average Bonchev–Trinajstić information content (AvgIpc) is 2.81. The summed E-state index contributed by atoms with van der Waals surface area (Å²) in [5.41, 5.74) is 2.83. The van der Waals surface area contributed by atoms with E-state index in [1.54, 1.807) is 12.1 Å². The van der Waals surface area contributed by atoms with Crippen LogP contribution in [0.4, 0.5) is 17.1 Å². The fraction of sp³-hybridized carbons (Fsp3) is 0.133. The van der Waals surface area contributed by atoms with E-state index in [0.717, 1.165) is 16.7 Å². The minimum atomic E-state index is -0.561. The number of nitrogens with one attached hydrogen (secondary N) is 1. The molecule has 23 heavy (non-hydrogen) atoms. The van der Waals surface area contributed by atoms with E-state index in [1.807, 2.05) is 0 Å². The van der Waals surface area contributed by atoms with Crippen LogP contribution in [-0.2, 0) is 11.2 Å². The number of rotatable bonds is 3. The summed E-state index contributed by atoms with van der Waals surface area (Å²) in [4.78, 5) is 32.3. The van der Waals surface area contributed by atoms with Crippen molar-refractivity contribution in [1.82, 2.24) is 0 Å². The summed E-state index contributed by atoms with van der Waals surface area (Å²) in [5, 5.41) is 24.5. The Morgan fingerprint density at radius 3 is 2.35 bits per heavy atom. The van der Waals surface area contributed by atoms with Gasteiger partial charge in [0, 0.05) is 25.1 Å². The number of carbonyl (C=O) groups excluding carboxylic acids is 1. The van der Waals surface area contributed by atoms with Crippen molar-refractivity contribution in [3.8, 4) is 11.1 Å². The number of nitro benzene ring substituents is 2. The second-order valence-electron chi connectivity index (χ2n) is 5.24. The standard InChI is InChI=1S/C15H11N3O5/c1-8(19)16-14-6-10-4-9-5-11(17(20)21)2-3-12(9)13(10)7-15(14)18(22)23/h2-3,5-7H,4H2,1H3,(H,16,19). The Hall–Kier alpha value is -3.29. The van der Waals surface area contributed by atoms with Gasteiger partial charge in [-0.25, -0.2) is 0 Å². The van der Waals surface area contributed by atoms with Crippen LogP contribution in [0, 0.1) is 20.2 Å². The molecule has 0 radical (unpaired) electrons. The molecule has 8 nitrogen and oxygen atoms in total. The van der Waals surface area contributed by atoms with Gasteiger partial charge in [-0.05, 0) is 40.8 Å². The molecule has 1 aliphatic rings. The van der Waals surface area contributed by atoms with Crippen molar-refractivity contribution in [2.24, 2.45) is 0 Å². The number of amides is 1. The lowest BCUT2D eigenvalue weighted by Gasteiger charge is -2.07. The van der Waals surface area contributed by atoms with Crippen molar-refractivity contribution < 1.29 is 14.6 Å². The maximum absolute atomic E-state index is 11.2. The van der Waals surface area contributed by atoms with Gasteiger partial charge in [-0.2, -0.15) is 0 Å². The summed E-state index contributed by atoms with van der Waals surface area (Å²) in [7, 11) is 0. The van der Waals surface area contributed by atoms with E-state index in [2.05, 4.69) is 5.32 Å². The van der Waals surface area contributed by atoms with Crippen LogP contribution in [0.3, 0.4) is 0 Å². The zero-order valence-electron chi connectivity index (χ0n) is 12.0. The first-order valence-electron chi connectivity index (χ1n) is 6.73. The number of nitro groups is 2. The molecule has 3 rings (SSSR count). The zero-order chi connectivity index (χ0) is 16.7. The van der Waals surface area contributed by atoms with Gasteiger partial charge in [-0.15, -0.1) is 0 Å². The van der Waals surface area contributed by atoms with Crippen LogP contribution < -0.4 is 5.32 Å². The number of hydrogen-bond acceptors (Lipinski definition) is 5. The van der Waals surface area contributed by atoms with Crippen LogP contribution in [0.5, 0.6) is 0 Å². The fourth-order valence-corrected chi connectivity index (χ4v) is 2.78. The van der Waals surface area contributed by atoms with Gasteiger partial charge < -0.3 is 5.32 Å². The molecule has 0 heterocycles. The van der Waals surface area contributed by atoms with Crippen molar-refractivity contribution in [3.63, 3.8) is 0 Å². The third-order valence-electron chi connectivity index (χ3n) is 3.70. The molecule has 0 unspecified atom stereocenters.